The van der Waals surface area contributed by atoms with Gasteiger partial charge < -0.3 is 10.2 Å². The molecule has 0 bridgehead atoms. The molecule has 1 aromatic heterocycles. The van der Waals surface area contributed by atoms with E-state index >= 15 is 0 Å². The largest absolute Gasteiger partial charge is 0.435 e. The van der Waals surface area contributed by atoms with Crippen LogP contribution in [-0.4, -0.2) is 4.98 Å². The predicted molar refractivity (Wildman–Crippen MR) is 64.7 cm³/mol. The van der Waals surface area contributed by atoms with Gasteiger partial charge in [-0.2, -0.15) is 0 Å². The number of nitrogens with one attached hydrogen (secondary N) is 2. The maximum absolute atomic E-state index is 5.72. The van der Waals surface area contributed by atoms with E-state index in [-0.39, 0.29) is 0 Å². The van der Waals surface area contributed by atoms with Gasteiger partial charge >= 0.3 is 0 Å². The average Bonchev–Trinajstić information content (AvgIpc) is 2.80. The van der Waals surface area contributed by atoms with E-state index in [0.29, 0.717) is 5.88 Å². The van der Waals surface area contributed by atoms with Gasteiger partial charge in [-0.25, -0.2) is 4.98 Å². The van der Waals surface area contributed by atoms with Gasteiger partial charge in [0.2, 0.25) is 5.88 Å². The van der Waals surface area contributed by atoms with E-state index in [1.165, 1.54) is 0 Å². The SMILES string of the molecule is C1=C2NNC=C2Oc2nc3ccccc3cc21. The lowest BCUT2D eigenvalue weighted by atomic mass is 10.1. The van der Waals surface area contributed by atoms with Crippen molar-refractivity contribution in [1.82, 2.24) is 15.8 Å². The van der Waals surface area contributed by atoms with Gasteiger partial charge in [-0.3, -0.25) is 5.43 Å². The summed E-state index contributed by atoms with van der Waals surface area (Å²) in [6, 6.07) is 10.1. The zero-order valence-corrected chi connectivity index (χ0v) is 8.90. The second kappa shape index (κ2) is 3.01. The first-order valence-electron chi connectivity index (χ1n) is 5.41. The van der Waals surface area contributed by atoms with Gasteiger partial charge in [0, 0.05) is 10.9 Å². The van der Waals surface area contributed by atoms with Crippen LogP contribution in [0.4, 0.5) is 0 Å². The predicted octanol–water partition coefficient (Wildman–Crippen LogP) is 1.92. The van der Waals surface area contributed by atoms with Crippen LogP contribution in [0.5, 0.6) is 5.88 Å². The Balaban J connectivity index is 1.99. The number of hydrazine groups is 1. The topological polar surface area (TPSA) is 46.2 Å². The Bertz CT molecular complexity index is 688. The van der Waals surface area contributed by atoms with Crippen molar-refractivity contribution in [1.29, 1.82) is 0 Å². The molecule has 82 valence electrons. The van der Waals surface area contributed by atoms with Gasteiger partial charge in [0.1, 0.15) is 0 Å². The van der Waals surface area contributed by atoms with Crippen LogP contribution in [0.2, 0.25) is 0 Å². The van der Waals surface area contributed by atoms with Crippen LogP contribution in [0.15, 0.2) is 48.0 Å². The summed E-state index contributed by atoms with van der Waals surface area (Å²) in [4.78, 5) is 4.51. The first-order chi connectivity index (χ1) is 8.40. The van der Waals surface area contributed by atoms with E-state index < -0.39 is 0 Å². The first-order valence-corrected chi connectivity index (χ1v) is 5.41. The number of hydrogen-bond donors (Lipinski definition) is 2. The molecule has 0 radical (unpaired) electrons. The molecule has 0 spiro atoms. The van der Waals surface area contributed by atoms with Crippen LogP contribution < -0.4 is 15.6 Å². The Labute approximate surface area is 97.6 Å². The number of pyridine rings is 1. The minimum Gasteiger partial charge on any atom is -0.435 e. The summed E-state index contributed by atoms with van der Waals surface area (Å²) in [6.07, 6.45) is 3.82. The Morgan fingerprint density at radius 1 is 1.18 bits per heavy atom. The number of fused-ring (bicyclic) bond motifs is 3. The Morgan fingerprint density at radius 2 is 2.12 bits per heavy atom. The van der Waals surface area contributed by atoms with Crippen molar-refractivity contribution >= 4 is 17.0 Å². The summed E-state index contributed by atoms with van der Waals surface area (Å²) in [7, 11) is 0. The number of rotatable bonds is 0. The molecule has 4 heteroatoms. The molecule has 4 nitrogen and oxygen atoms in total. The average molecular weight is 223 g/mol. The molecule has 0 saturated carbocycles. The van der Waals surface area contributed by atoms with Gasteiger partial charge in [-0.05, 0) is 18.2 Å². The maximum atomic E-state index is 5.72. The summed E-state index contributed by atoms with van der Waals surface area (Å²) >= 11 is 0. The number of para-hydroxylation sites is 1. The molecule has 0 unspecified atom stereocenters. The quantitative estimate of drug-likeness (QED) is 0.716. The van der Waals surface area contributed by atoms with E-state index in [1.807, 2.05) is 30.3 Å². The highest BCUT2D eigenvalue weighted by atomic mass is 16.5. The number of ether oxygens (including phenoxy) is 1. The lowest BCUT2D eigenvalue weighted by Gasteiger charge is -2.15. The van der Waals surface area contributed by atoms with Crippen molar-refractivity contribution in [2.45, 2.75) is 0 Å². The van der Waals surface area contributed by atoms with Gasteiger partial charge in [0.05, 0.1) is 17.4 Å². The van der Waals surface area contributed by atoms with Crippen molar-refractivity contribution in [3.05, 3.63) is 53.6 Å². The lowest BCUT2D eigenvalue weighted by molar-refractivity contribution is 0.416. The summed E-state index contributed by atoms with van der Waals surface area (Å²) in [5, 5.41) is 1.12. The molecule has 0 amide bonds. The van der Waals surface area contributed by atoms with E-state index in [9.17, 15) is 0 Å². The molecular weight excluding hydrogens is 214 g/mol. The van der Waals surface area contributed by atoms with Gasteiger partial charge in [0.25, 0.3) is 0 Å². The van der Waals surface area contributed by atoms with Crippen LogP contribution in [-0.2, 0) is 0 Å². The molecule has 1 aromatic carbocycles. The van der Waals surface area contributed by atoms with Crippen molar-refractivity contribution in [3.63, 3.8) is 0 Å². The second-order valence-electron chi connectivity index (χ2n) is 4.01. The third-order valence-corrected chi connectivity index (χ3v) is 2.90. The van der Waals surface area contributed by atoms with Gasteiger partial charge in [-0.15, -0.1) is 0 Å². The Morgan fingerprint density at radius 3 is 3.12 bits per heavy atom. The summed E-state index contributed by atoms with van der Waals surface area (Å²) in [6.45, 7) is 0. The Hall–Kier alpha value is -2.49. The summed E-state index contributed by atoms with van der Waals surface area (Å²) < 4.78 is 5.72. The standard InChI is InChI=1S/C13H9N3O/c1-2-4-10-8(3-1)5-9-6-11-12(7-14-16-11)17-13(9)15-10/h1-7,14,16H. The van der Waals surface area contributed by atoms with E-state index in [0.717, 1.165) is 27.9 Å². The summed E-state index contributed by atoms with van der Waals surface area (Å²) in [5.41, 5.74) is 8.80. The monoisotopic (exact) mass is 223 g/mol. The number of aromatic nitrogens is 1. The van der Waals surface area contributed by atoms with Crippen LogP contribution in [0, 0.1) is 0 Å². The van der Waals surface area contributed by atoms with Gasteiger partial charge in [-0.1, -0.05) is 18.2 Å². The molecular formula is C13H9N3O. The molecule has 2 aliphatic rings. The smallest absolute Gasteiger partial charge is 0.227 e. The molecule has 2 aromatic rings. The molecule has 2 N–H and O–H groups in total. The van der Waals surface area contributed by atoms with Crippen molar-refractivity contribution in [2.24, 2.45) is 0 Å². The summed E-state index contributed by atoms with van der Waals surface area (Å²) in [5.74, 6) is 1.43. The van der Waals surface area contributed by atoms with Crippen molar-refractivity contribution in [2.75, 3.05) is 0 Å². The third-order valence-electron chi connectivity index (χ3n) is 2.90. The minimum absolute atomic E-state index is 0.657. The fourth-order valence-electron chi connectivity index (χ4n) is 2.07. The zero-order valence-electron chi connectivity index (χ0n) is 8.90. The second-order valence-corrected chi connectivity index (χ2v) is 4.01. The zero-order chi connectivity index (χ0) is 11.2. The normalized spacial score (nSPS) is 16.0. The first kappa shape index (κ1) is 8.64. The van der Waals surface area contributed by atoms with Crippen LogP contribution in [0.1, 0.15) is 5.56 Å². The fourth-order valence-corrected chi connectivity index (χ4v) is 2.07. The number of nitrogens with zero attached hydrogens (tertiary/aromatic N) is 1. The van der Waals surface area contributed by atoms with Crippen molar-refractivity contribution < 1.29 is 4.74 Å². The number of hydrogen-bond acceptors (Lipinski definition) is 4. The van der Waals surface area contributed by atoms with Crippen LogP contribution in [0.25, 0.3) is 17.0 Å². The van der Waals surface area contributed by atoms with E-state index in [1.54, 1.807) is 6.20 Å². The number of benzene rings is 1. The molecule has 0 aliphatic carbocycles. The fraction of sp³-hybridized carbons (Fsp3) is 0. The van der Waals surface area contributed by atoms with E-state index in [4.69, 9.17) is 4.74 Å². The van der Waals surface area contributed by atoms with E-state index in [2.05, 4.69) is 21.9 Å². The van der Waals surface area contributed by atoms with Gasteiger partial charge in [0.15, 0.2) is 5.76 Å². The maximum Gasteiger partial charge on any atom is 0.227 e. The highest BCUT2D eigenvalue weighted by molar-refractivity contribution is 5.83. The molecule has 0 saturated heterocycles. The molecule has 2 aliphatic heterocycles. The third kappa shape index (κ3) is 1.21. The van der Waals surface area contributed by atoms with Crippen LogP contribution in [0.3, 0.4) is 0 Å². The highest BCUT2D eigenvalue weighted by Gasteiger charge is 2.21. The molecule has 0 atom stereocenters. The molecule has 17 heavy (non-hydrogen) atoms. The van der Waals surface area contributed by atoms with Crippen molar-refractivity contribution in [3.8, 4) is 5.88 Å². The molecule has 4 rings (SSSR count). The molecule has 0 fully saturated rings. The minimum atomic E-state index is 0.657. The van der Waals surface area contributed by atoms with Crippen LogP contribution >= 0.6 is 0 Å². The molecule has 3 heterocycles. The lowest BCUT2D eigenvalue weighted by Crippen LogP contribution is -2.20. The highest BCUT2D eigenvalue weighted by Crippen LogP contribution is 2.32. The Kier molecular flexibility index (Phi) is 1.53.